The largest absolute Gasteiger partial charge is 0.412 e. The maximum atomic E-state index is 10.5. The number of carbonyl (C=O) groups excluding carboxylic acids is 1. The minimum Gasteiger partial charge on any atom is -0.412 e. The number of aryl methyl sites for hydroxylation is 1. The van der Waals surface area contributed by atoms with Crippen molar-refractivity contribution in [1.29, 1.82) is 0 Å². The van der Waals surface area contributed by atoms with Crippen LogP contribution in [0.4, 0.5) is 5.82 Å². The van der Waals surface area contributed by atoms with E-state index in [0.717, 1.165) is 0 Å². The monoisotopic (exact) mass is 230 g/mol. The maximum Gasteiger partial charge on any atom is 0.269 e. The molecule has 1 rings (SSSR count). The second kappa shape index (κ2) is 6.53. The summed E-state index contributed by atoms with van der Waals surface area (Å²) in [5.41, 5.74) is 10.4. The van der Waals surface area contributed by atoms with E-state index < -0.39 is 5.91 Å². The number of primary amides is 1. The predicted octanol–water partition coefficient (Wildman–Crippen LogP) is -0.582. The molecule has 8 heteroatoms. The summed E-state index contributed by atoms with van der Waals surface area (Å²) in [7, 11) is 0. The van der Waals surface area contributed by atoms with Gasteiger partial charge in [-0.25, -0.2) is 4.98 Å². The van der Waals surface area contributed by atoms with Gasteiger partial charge >= 0.3 is 0 Å². The third-order valence-corrected chi connectivity index (χ3v) is 1.10. The van der Waals surface area contributed by atoms with E-state index >= 15 is 0 Å². The van der Waals surface area contributed by atoms with Crippen molar-refractivity contribution in [2.45, 2.75) is 6.92 Å². The minimum absolute atomic E-state index is 0. The molecule has 0 unspecified atom stereocenters. The molecular formula is C5H12Cl2N4O2. The zero-order valence-electron chi connectivity index (χ0n) is 6.83. The van der Waals surface area contributed by atoms with Crippen LogP contribution in [0.15, 0.2) is 0 Å². The molecule has 1 aromatic rings. The third kappa shape index (κ3) is 3.97. The molecule has 0 radical (unpaired) electrons. The van der Waals surface area contributed by atoms with Crippen LogP contribution in [-0.4, -0.2) is 21.4 Å². The first-order valence-electron chi connectivity index (χ1n) is 2.73. The van der Waals surface area contributed by atoms with Crippen molar-refractivity contribution in [2.75, 3.05) is 5.73 Å². The second-order valence-electron chi connectivity index (χ2n) is 1.95. The average Bonchev–Trinajstić information content (AvgIpc) is 2.10. The van der Waals surface area contributed by atoms with Gasteiger partial charge in [0, 0.05) is 0 Å². The third-order valence-electron chi connectivity index (χ3n) is 1.10. The van der Waals surface area contributed by atoms with E-state index in [9.17, 15) is 4.79 Å². The van der Waals surface area contributed by atoms with Gasteiger partial charge in [-0.1, -0.05) is 0 Å². The molecule has 13 heavy (non-hydrogen) atoms. The molecule has 1 heterocycles. The Labute approximate surface area is 87.2 Å². The van der Waals surface area contributed by atoms with Crippen LogP contribution in [-0.2, 0) is 0 Å². The first-order valence-corrected chi connectivity index (χ1v) is 2.73. The topological polar surface area (TPSA) is 129 Å². The fourth-order valence-corrected chi connectivity index (χ4v) is 0.697. The van der Waals surface area contributed by atoms with Crippen molar-refractivity contribution >= 4 is 36.5 Å². The molecular weight excluding hydrogens is 219 g/mol. The van der Waals surface area contributed by atoms with Gasteiger partial charge < -0.3 is 21.9 Å². The second-order valence-corrected chi connectivity index (χ2v) is 1.95. The molecule has 0 aliphatic carbocycles. The van der Waals surface area contributed by atoms with Gasteiger partial charge in [0.15, 0.2) is 5.82 Å². The summed E-state index contributed by atoms with van der Waals surface area (Å²) < 4.78 is 0. The number of imidazole rings is 1. The number of carbonyl (C=O) groups is 1. The summed E-state index contributed by atoms with van der Waals surface area (Å²) >= 11 is 0. The molecule has 0 saturated carbocycles. The zero-order valence-corrected chi connectivity index (χ0v) is 8.46. The van der Waals surface area contributed by atoms with E-state index in [4.69, 9.17) is 11.5 Å². The Morgan fingerprint density at radius 2 is 1.92 bits per heavy atom. The van der Waals surface area contributed by atoms with Crippen molar-refractivity contribution in [3.05, 3.63) is 11.5 Å². The average molecular weight is 231 g/mol. The van der Waals surface area contributed by atoms with Crippen molar-refractivity contribution in [2.24, 2.45) is 5.73 Å². The molecule has 0 aromatic carbocycles. The number of nitrogens with zero attached hydrogens (tertiary/aromatic N) is 1. The number of rotatable bonds is 1. The number of aromatic nitrogens is 2. The number of anilines is 1. The number of H-pyrrole nitrogens is 1. The van der Waals surface area contributed by atoms with Crippen molar-refractivity contribution in [3.63, 3.8) is 0 Å². The van der Waals surface area contributed by atoms with Gasteiger partial charge in [-0.05, 0) is 6.92 Å². The molecule has 0 aliphatic heterocycles. The van der Waals surface area contributed by atoms with Crippen molar-refractivity contribution in [1.82, 2.24) is 9.97 Å². The summed E-state index contributed by atoms with van der Waals surface area (Å²) in [6, 6.07) is 0. The Bertz CT molecular complexity index is 275. The lowest BCUT2D eigenvalue weighted by atomic mass is 10.4. The Balaban J connectivity index is -0.000000333. The molecule has 0 bridgehead atoms. The normalized spacial score (nSPS) is 7.46. The predicted molar refractivity (Wildman–Crippen MR) is 54.4 cm³/mol. The van der Waals surface area contributed by atoms with Gasteiger partial charge in [0.1, 0.15) is 11.5 Å². The molecule has 7 N–H and O–H groups in total. The summed E-state index contributed by atoms with van der Waals surface area (Å²) in [6.45, 7) is 1.70. The molecule has 1 amide bonds. The van der Waals surface area contributed by atoms with E-state index in [1.807, 2.05) is 0 Å². The lowest BCUT2D eigenvalue weighted by molar-refractivity contribution is 0.0997. The van der Waals surface area contributed by atoms with Crippen LogP contribution in [0, 0.1) is 6.92 Å². The fourth-order valence-electron chi connectivity index (χ4n) is 0.697. The lowest BCUT2D eigenvalue weighted by Gasteiger charge is -1.87. The van der Waals surface area contributed by atoms with E-state index in [1.54, 1.807) is 6.92 Å². The molecule has 0 fully saturated rings. The van der Waals surface area contributed by atoms with Crippen LogP contribution in [0.25, 0.3) is 0 Å². The van der Waals surface area contributed by atoms with Crippen LogP contribution < -0.4 is 11.5 Å². The van der Waals surface area contributed by atoms with Crippen LogP contribution in [0.2, 0.25) is 0 Å². The Morgan fingerprint density at radius 1 is 1.46 bits per heavy atom. The summed E-state index contributed by atoms with van der Waals surface area (Å²) in [6.07, 6.45) is 0. The van der Waals surface area contributed by atoms with Crippen molar-refractivity contribution in [3.8, 4) is 0 Å². The number of halogens is 2. The van der Waals surface area contributed by atoms with Crippen LogP contribution >= 0.6 is 24.8 Å². The number of nitrogen functional groups attached to an aromatic ring is 1. The molecule has 6 nitrogen and oxygen atoms in total. The van der Waals surface area contributed by atoms with Gasteiger partial charge in [0.25, 0.3) is 5.91 Å². The summed E-state index contributed by atoms with van der Waals surface area (Å²) in [5, 5.41) is 0. The number of hydrogen-bond acceptors (Lipinski definition) is 3. The SMILES string of the molecule is Cc1nc(N)c(C(N)=O)[nH]1.Cl.Cl.O. The zero-order chi connectivity index (χ0) is 7.72. The van der Waals surface area contributed by atoms with Gasteiger partial charge in [-0.3, -0.25) is 4.79 Å². The van der Waals surface area contributed by atoms with E-state index in [2.05, 4.69) is 9.97 Å². The Kier molecular flexibility index (Phi) is 9.01. The maximum absolute atomic E-state index is 10.5. The van der Waals surface area contributed by atoms with Crippen LogP contribution in [0.5, 0.6) is 0 Å². The number of aromatic amines is 1. The van der Waals surface area contributed by atoms with Gasteiger partial charge in [0.05, 0.1) is 0 Å². The molecule has 0 atom stereocenters. The quantitative estimate of drug-likeness (QED) is 0.597. The standard InChI is InChI=1S/C5H8N4O.2ClH.H2O/c1-2-8-3(5(7)10)4(6)9-2;;;/h6H2,1H3,(H2,7,10)(H,8,9);2*1H;1H2. The fraction of sp³-hybridized carbons (Fsp3) is 0.200. The van der Waals surface area contributed by atoms with Gasteiger partial charge in [0.2, 0.25) is 0 Å². The highest BCUT2D eigenvalue weighted by molar-refractivity contribution is 5.95. The smallest absolute Gasteiger partial charge is 0.269 e. The molecule has 0 aliphatic rings. The highest BCUT2D eigenvalue weighted by atomic mass is 35.5. The number of nitrogens with one attached hydrogen (secondary N) is 1. The first kappa shape index (κ1) is 17.9. The lowest BCUT2D eigenvalue weighted by Crippen LogP contribution is -2.13. The number of amides is 1. The minimum atomic E-state index is -0.585. The molecule has 0 saturated heterocycles. The number of nitrogens with two attached hydrogens (primary N) is 2. The van der Waals surface area contributed by atoms with Crippen LogP contribution in [0.3, 0.4) is 0 Å². The highest BCUT2D eigenvalue weighted by Gasteiger charge is 2.08. The van der Waals surface area contributed by atoms with E-state index in [-0.39, 0.29) is 41.8 Å². The summed E-state index contributed by atoms with van der Waals surface area (Å²) in [4.78, 5) is 16.9. The van der Waals surface area contributed by atoms with Gasteiger partial charge in [-0.2, -0.15) is 0 Å². The molecule has 78 valence electrons. The van der Waals surface area contributed by atoms with Crippen molar-refractivity contribution < 1.29 is 10.3 Å². The van der Waals surface area contributed by atoms with Gasteiger partial charge in [-0.15, -0.1) is 24.8 Å². The highest BCUT2D eigenvalue weighted by Crippen LogP contribution is 2.05. The summed E-state index contributed by atoms with van der Waals surface area (Å²) in [5.74, 6) is 0.161. The molecule has 0 spiro atoms. The van der Waals surface area contributed by atoms with E-state index in [0.29, 0.717) is 5.82 Å². The first-order chi connectivity index (χ1) is 4.61. The number of hydrogen-bond donors (Lipinski definition) is 3. The Hall–Kier alpha value is -0.980. The molecule has 1 aromatic heterocycles. The van der Waals surface area contributed by atoms with Crippen LogP contribution in [0.1, 0.15) is 16.3 Å². The van der Waals surface area contributed by atoms with E-state index in [1.165, 1.54) is 0 Å². The Morgan fingerprint density at radius 3 is 2.08 bits per heavy atom.